The van der Waals surface area contributed by atoms with Crippen molar-refractivity contribution in [2.45, 2.75) is 26.2 Å². The third kappa shape index (κ3) is 13.0. The van der Waals surface area contributed by atoms with E-state index < -0.39 is 0 Å². The van der Waals surface area contributed by atoms with E-state index in [9.17, 15) is 4.79 Å². The molecule has 1 aliphatic heterocycles. The number of azo groups is 1. The van der Waals surface area contributed by atoms with Gasteiger partial charge in [0, 0.05) is 48.9 Å². The Morgan fingerprint density at radius 1 is 0.881 bits per heavy atom. The monoisotopic (exact) mass is 580 g/mol. The first-order valence-electron chi connectivity index (χ1n) is 14.8. The number of hydrogen-bond acceptors (Lipinski definition) is 9. The molecule has 1 saturated heterocycles. The van der Waals surface area contributed by atoms with Crippen molar-refractivity contribution >= 4 is 23.0 Å². The van der Waals surface area contributed by atoms with Gasteiger partial charge < -0.3 is 29.3 Å². The summed E-state index contributed by atoms with van der Waals surface area (Å²) in [5, 5.41) is 14.9. The molecule has 0 bridgehead atoms. The van der Waals surface area contributed by atoms with Gasteiger partial charge in [-0.25, -0.2) is 0 Å². The quantitative estimate of drug-likeness (QED) is 0.0950. The molecule has 42 heavy (non-hydrogen) atoms. The molecule has 0 unspecified atom stereocenters. The van der Waals surface area contributed by atoms with Gasteiger partial charge in [0.15, 0.2) is 0 Å². The number of nitrogens with zero attached hydrogens (tertiary/aromatic N) is 7. The Bertz CT molecular complexity index is 1100. The lowest BCUT2D eigenvalue weighted by molar-refractivity contribution is 0.0166. The summed E-state index contributed by atoms with van der Waals surface area (Å²) in [5.74, 6) is -0.174. The first kappa shape index (κ1) is 33.0. The van der Waals surface area contributed by atoms with E-state index in [-0.39, 0.29) is 5.91 Å². The van der Waals surface area contributed by atoms with Crippen molar-refractivity contribution in [3.05, 3.63) is 64.5 Å². The van der Waals surface area contributed by atoms with E-state index in [1.54, 1.807) is 24.3 Å². The van der Waals surface area contributed by atoms with Crippen LogP contribution in [0.2, 0.25) is 0 Å². The molecule has 0 saturated carbocycles. The van der Waals surface area contributed by atoms with Crippen LogP contribution in [0.25, 0.3) is 10.4 Å². The highest BCUT2D eigenvalue weighted by atomic mass is 16.5. The highest BCUT2D eigenvalue weighted by Crippen LogP contribution is 2.23. The van der Waals surface area contributed by atoms with E-state index in [4.69, 9.17) is 19.7 Å². The van der Waals surface area contributed by atoms with Crippen LogP contribution in [0, 0.1) is 0 Å². The van der Waals surface area contributed by atoms with Crippen molar-refractivity contribution in [2.24, 2.45) is 15.3 Å². The minimum absolute atomic E-state index is 0.174. The van der Waals surface area contributed by atoms with Gasteiger partial charge in [-0.05, 0) is 86.9 Å². The molecule has 2 aromatic carbocycles. The minimum atomic E-state index is -0.174. The zero-order chi connectivity index (χ0) is 29.7. The SMILES string of the molecule is CCN(CCN1CCCCC1)c1ccc(N=Nc2ccc(C(=O)NCCOCCOCCOCCN=[N+]=[N-])cc2)cc1. The molecule has 1 heterocycles. The number of ether oxygens (including phenoxy) is 3. The second-order valence-electron chi connectivity index (χ2n) is 9.79. The number of amides is 1. The molecule has 0 atom stereocenters. The number of hydrogen-bond donors (Lipinski definition) is 1. The summed E-state index contributed by atoms with van der Waals surface area (Å²) in [6.45, 7) is 10.9. The summed E-state index contributed by atoms with van der Waals surface area (Å²) < 4.78 is 16.1. The fourth-order valence-corrected chi connectivity index (χ4v) is 4.47. The fourth-order valence-electron chi connectivity index (χ4n) is 4.47. The number of benzene rings is 2. The highest BCUT2D eigenvalue weighted by molar-refractivity contribution is 5.94. The number of rotatable bonds is 20. The average Bonchev–Trinajstić information content (AvgIpc) is 3.03. The van der Waals surface area contributed by atoms with Gasteiger partial charge in [-0.2, -0.15) is 10.2 Å². The van der Waals surface area contributed by atoms with Crippen LogP contribution in [0.15, 0.2) is 63.9 Å². The second kappa shape index (κ2) is 20.4. The van der Waals surface area contributed by atoms with E-state index >= 15 is 0 Å². The van der Waals surface area contributed by atoms with Crippen LogP contribution in [0.4, 0.5) is 17.1 Å². The topological polar surface area (TPSA) is 137 Å². The molecule has 0 aromatic heterocycles. The van der Waals surface area contributed by atoms with Crippen molar-refractivity contribution in [2.75, 3.05) is 90.4 Å². The van der Waals surface area contributed by atoms with E-state index in [2.05, 4.69) is 54.4 Å². The number of piperidine rings is 1. The molecule has 0 spiro atoms. The maximum atomic E-state index is 12.4. The standard InChI is InChI=1S/C30H44N8O4/c1-2-38(19-18-37-16-4-3-5-17-37)29-12-10-28(11-13-29)35-34-27-8-6-26(7-9-27)30(39)32-14-20-40-22-24-42-25-23-41-21-15-33-36-31/h6-13H,2-5,14-25H2,1H3,(H,32,39). The fraction of sp³-hybridized carbons (Fsp3) is 0.567. The predicted octanol–water partition coefficient (Wildman–Crippen LogP) is 5.50. The van der Waals surface area contributed by atoms with Gasteiger partial charge in [-0.15, -0.1) is 0 Å². The molecular formula is C30H44N8O4. The second-order valence-corrected chi connectivity index (χ2v) is 9.79. The van der Waals surface area contributed by atoms with Gasteiger partial charge in [0.1, 0.15) is 0 Å². The lowest BCUT2D eigenvalue weighted by atomic mass is 10.1. The summed E-state index contributed by atoms with van der Waals surface area (Å²) in [6, 6.07) is 15.2. The number of likely N-dealkylation sites (N-methyl/N-ethyl adjacent to an activating group) is 1. The van der Waals surface area contributed by atoms with Crippen molar-refractivity contribution in [1.29, 1.82) is 0 Å². The van der Waals surface area contributed by atoms with Crippen LogP contribution in [0.5, 0.6) is 0 Å². The van der Waals surface area contributed by atoms with Gasteiger partial charge in [0.05, 0.1) is 51.0 Å². The normalized spacial score (nSPS) is 13.6. The molecule has 2 aromatic rings. The third-order valence-corrected chi connectivity index (χ3v) is 6.82. The Labute approximate surface area is 248 Å². The van der Waals surface area contributed by atoms with Crippen LogP contribution in [-0.4, -0.2) is 96.3 Å². The molecule has 228 valence electrons. The van der Waals surface area contributed by atoms with E-state index in [0.717, 1.165) is 25.3 Å². The largest absolute Gasteiger partial charge is 0.379 e. The first-order chi connectivity index (χ1) is 20.7. The van der Waals surface area contributed by atoms with Gasteiger partial charge in [0.25, 0.3) is 5.91 Å². The summed E-state index contributed by atoms with van der Waals surface area (Å²) >= 11 is 0. The molecule has 1 N–H and O–H groups in total. The lowest BCUT2D eigenvalue weighted by Gasteiger charge is -2.30. The van der Waals surface area contributed by atoms with Gasteiger partial charge in [-0.1, -0.05) is 11.5 Å². The Hall–Kier alpha value is -3.54. The van der Waals surface area contributed by atoms with E-state index in [1.165, 1.54) is 38.0 Å². The first-order valence-corrected chi connectivity index (χ1v) is 14.8. The molecule has 12 nitrogen and oxygen atoms in total. The van der Waals surface area contributed by atoms with Crippen molar-refractivity contribution in [3.8, 4) is 0 Å². The smallest absolute Gasteiger partial charge is 0.251 e. The molecule has 1 fully saturated rings. The zero-order valence-electron chi connectivity index (χ0n) is 24.7. The number of anilines is 1. The molecule has 1 amide bonds. The Morgan fingerprint density at radius 2 is 1.48 bits per heavy atom. The average molecular weight is 581 g/mol. The number of azide groups is 1. The third-order valence-electron chi connectivity index (χ3n) is 6.82. The van der Waals surface area contributed by atoms with E-state index in [0.29, 0.717) is 64.0 Å². The van der Waals surface area contributed by atoms with Crippen LogP contribution >= 0.6 is 0 Å². The van der Waals surface area contributed by atoms with Crippen molar-refractivity contribution in [1.82, 2.24) is 10.2 Å². The predicted molar refractivity (Wildman–Crippen MR) is 164 cm³/mol. The molecule has 0 aliphatic carbocycles. The summed E-state index contributed by atoms with van der Waals surface area (Å²) in [4.78, 5) is 20.0. The van der Waals surface area contributed by atoms with Crippen molar-refractivity contribution < 1.29 is 19.0 Å². The number of carbonyl (C=O) groups excluding carboxylic acids is 1. The van der Waals surface area contributed by atoms with Crippen LogP contribution in [0.3, 0.4) is 0 Å². The Kier molecular flexibility index (Phi) is 16.0. The van der Waals surface area contributed by atoms with Gasteiger partial charge in [-0.3, -0.25) is 4.79 Å². The lowest BCUT2D eigenvalue weighted by Crippen LogP contribution is -2.37. The molecule has 0 radical (unpaired) electrons. The van der Waals surface area contributed by atoms with E-state index in [1.807, 2.05) is 12.1 Å². The maximum Gasteiger partial charge on any atom is 0.251 e. The van der Waals surface area contributed by atoms with Crippen molar-refractivity contribution in [3.63, 3.8) is 0 Å². The van der Waals surface area contributed by atoms with Crippen LogP contribution in [0.1, 0.15) is 36.5 Å². The summed E-state index contributed by atoms with van der Waals surface area (Å²) in [7, 11) is 0. The number of nitrogens with one attached hydrogen (secondary N) is 1. The highest BCUT2D eigenvalue weighted by Gasteiger charge is 2.12. The molecular weight excluding hydrogens is 536 g/mol. The molecule has 1 aliphatic rings. The zero-order valence-corrected chi connectivity index (χ0v) is 24.7. The molecule has 12 heteroatoms. The summed E-state index contributed by atoms with van der Waals surface area (Å²) in [5.41, 5.74) is 11.4. The Balaban J connectivity index is 1.30. The summed E-state index contributed by atoms with van der Waals surface area (Å²) in [6.07, 6.45) is 3.99. The molecule has 3 rings (SSSR count). The maximum absolute atomic E-state index is 12.4. The number of carbonyl (C=O) groups is 1. The number of likely N-dealkylation sites (tertiary alicyclic amines) is 1. The van der Waals surface area contributed by atoms with Crippen LogP contribution < -0.4 is 10.2 Å². The van der Waals surface area contributed by atoms with Gasteiger partial charge >= 0.3 is 0 Å². The Morgan fingerprint density at radius 3 is 2.10 bits per heavy atom. The van der Waals surface area contributed by atoms with Crippen LogP contribution in [-0.2, 0) is 14.2 Å². The minimum Gasteiger partial charge on any atom is -0.379 e. The van der Waals surface area contributed by atoms with Gasteiger partial charge in [0.2, 0.25) is 0 Å².